The zero-order valence-corrected chi connectivity index (χ0v) is 4.35. The highest BCUT2D eigenvalue weighted by Gasteiger charge is 2.10. The lowest BCUT2D eigenvalue weighted by molar-refractivity contribution is -0.408. The molecule has 0 spiro atoms. The highest BCUT2D eigenvalue weighted by molar-refractivity contribution is 5.71. The van der Waals surface area contributed by atoms with E-state index < -0.39 is 12.0 Å². The Kier molecular flexibility index (Phi) is 2.37. The van der Waals surface area contributed by atoms with Crippen LogP contribution in [0, 0.1) is 0 Å². The summed E-state index contributed by atoms with van der Waals surface area (Å²) in [7, 11) is 0. The Balaban J connectivity index is 3.34. The standard InChI is InChI=1S/C4H9NO2/c1-2-3(5)4(6)7/h3H,2,5H2,1H3,(H,6,7)/p+1/t3-/m0/s1. The SMILES string of the molecule is CC[C@H]([NH3+])C(=O)O. The molecule has 0 fully saturated rings. The minimum Gasteiger partial charge on any atom is -0.477 e. The van der Waals surface area contributed by atoms with Crippen molar-refractivity contribution >= 4 is 5.97 Å². The van der Waals surface area contributed by atoms with Crippen LogP contribution in [0.15, 0.2) is 0 Å². The molecule has 0 rings (SSSR count). The molecule has 0 aromatic rings. The lowest BCUT2D eigenvalue weighted by atomic mass is 10.2. The van der Waals surface area contributed by atoms with Gasteiger partial charge in [-0.25, -0.2) is 4.79 Å². The Morgan fingerprint density at radius 2 is 2.43 bits per heavy atom. The maximum Gasteiger partial charge on any atom is 0.362 e. The summed E-state index contributed by atoms with van der Waals surface area (Å²) in [6.07, 6.45) is 0.606. The molecular formula is C4H10NO2+. The van der Waals surface area contributed by atoms with Gasteiger partial charge in [-0.05, 0) is 0 Å². The van der Waals surface area contributed by atoms with Gasteiger partial charge in [-0.3, -0.25) is 0 Å². The third-order valence-corrected chi connectivity index (χ3v) is 0.842. The van der Waals surface area contributed by atoms with Gasteiger partial charge in [-0.15, -0.1) is 0 Å². The van der Waals surface area contributed by atoms with E-state index in [1.54, 1.807) is 6.92 Å². The van der Waals surface area contributed by atoms with Crippen molar-refractivity contribution in [2.45, 2.75) is 19.4 Å². The third-order valence-electron chi connectivity index (χ3n) is 0.842. The summed E-state index contributed by atoms with van der Waals surface area (Å²) >= 11 is 0. The molecule has 0 saturated heterocycles. The number of hydrogen-bond donors (Lipinski definition) is 2. The highest BCUT2D eigenvalue weighted by atomic mass is 16.4. The van der Waals surface area contributed by atoms with Gasteiger partial charge in [0.25, 0.3) is 0 Å². The Bertz CT molecular complexity index is 72.1. The number of quaternary nitrogens is 1. The summed E-state index contributed by atoms with van der Waals surface area (Å²) < 4.78 is 0. The molecule has 0 aliphatic carbocycles. The first-order chi connectivity index (χ1) is 3.18. The van der Waals surface area contributed by atoms with Gasteiger partial charge in [0.2, 0.25) is 0 Å². The van der Waals surface area contributed by atoms with Crippen LogP contribution in [0.1, 0.15) is 13.3 Å². The average Bonchev–Trinajstić information content (AvgIpc) is 1.65. The first-order valence-corrected chi connectivity index (χ1v) is 2.24. The van der Waals surface area contributed by atoms with Crippen molar-refractivity contribution in [3.8, 4) is 0 Å². The van der Waals surface area contributed by atoms with Gasteiger partial charge in [-0.2, -0.15) is 0 Å². The van der Waals surface area contributed by atoms with Crippen LogP contribution in [-0.4, -0.2) is 17.1 Å². The Hall–Kier alpha value is -0.570. The fourth-order valence-electron chi connectivity index (χ4n) is 0.175. The Morgan fingerprint density at radius 1 is 2.00 bits per heavy atom. The van der Waals surface area contributed by atoms with Crippen molar-refractivity contribution in [3.63, 3.8) is 0 Å². The molecule has 1 atom stereocenters. The van der Waals surface area contributed by atoms with Crippen LogP contribution >= 0.6 is 0 Å². The first kappa shape index (κ1) is 6.43. The van der Waals surface area contributed by atoms with Crippen molar-refractivity contribution in [3.05, 3.63) is 0 Å². The lowest BCUT2D eigenvalue weighted by Crippen LogP contribution is -2.64. The van der Waals surface area contributed by atoms with Gasteiger partial charge >= 0.3 is 5.97 Å². The average molecular weight is 104 g/mol. The molecule has 0 aliphatic rings. The molecule has 0 aromatic carbocycles. The summed E-state index contributed by atoms with van der Waals surface area (Å²) in [4.78, 5) is 9.87. The lowest BCUT2D eigenvalue weighted by Gasteiger charge is -1.93. The van der Waals surface area contributed by atoms with E-state index in [2.05, 4.69) is 5.73 Å². The fourth-order valence-corrected chi connectivity index (χ4v) is 0.175. The van der Waals surface area contributed by atoms with Crippen LogP contribution in [0.5, 0.6) is 0 Å². The maximum atomic E-state index is 9.87. The van der Waals surface area contributed by atoms with Crippen LogP contribution in [0.3, 0.4) is 0 Å². The Morgan fingerprint density at radius 3 is 2.43 bits per heavy atom. The highest BCUT2D eigenvalue weighted by Crippen LogP contribution is 1.79. The normalized spacial score (nSPS) is 13.4. The minimum atomic E-state index is -0.817. The number of carboxylic acid groups (broad SMARTS) is 1. The summed E-state index contributed by atoms with van der Waals surface area (Å²) in [5, 5.41) is 8.12. The molecule has 7 heavy (non-hydrogen) atoms. The molecular weight excluding hydrogens is 94.0 g/mol. The zero-order chi connectivity index (χ0) is 5.86. The second-order valence-electron chi connectivity index (χ2n) is 1.44. The maximum absolute atomic E-state index is 9.87. The van der Waals surface area contributed by atoms with Crippen molar-refractivity contribution in [2.24, 2.45) is 0 Å². The van der Waals surface area contributed by atoms with Crippen molar-refractivity contribution in [1.29, 1.82) is 0 Å². The molecule has 0 bridgehead atoms. The summed E-state index contributed by atoms with van der Waals surface area (Å²) in [6.45, 7) is 1.80. The van der Waals surface area contributed by atoms with E-state index in [-0.39, 0.29) is 0 Å². The van der Waals surface area contributed by atoms with Crippen LogP contribution in [0.4, 0.5) is 0 Å². The predicted octanol–water partition coefficient (Wildman–Crippen LogP) is -0.908. The Labute approximate surface area is 42.1 Å². The van der Waals surface area contributed by atoms with Crippen molar-refractivity contribution in [2.75, 3.05) is 0 Å². The van der Waals surface area contributed by atoms with Crippen molar-refractivity contribution in [1.82, 2.24) is 0 Å². The monoisotopic (exact) mass is 104 g/mol. The molecule has 0 aromatic heterocycles. The number of rotatable bonds is 2. The molecule has 4 N–H and O–H groups in total. The second kappa shape index (κ2) is 2.58. The van der Waals surface area contributed by atoms with Crippen LogP contribution < -0.4 is 5.73 Å². The predicted molar refractivity (Wildman–Crippen MR) is 24.6 cm³/mol. The molecule has 0 unspecified atom stereocenters. The topological polar surface area (TPSA) is 64.9 Å². The van der Waals surface area contributed by atoms with Gasteiger partial charge in [0, 0.05) is 6.42 Å². The largest absolute Gasteiger partial charge is 0.477 e. The molecule has 0 heterocycles. The van der Waals surface area contributed by atoms with E-state index in [0.29, 0.717) is 6.42 Å². The minimum absolute atomic E-state index is 0.431. The number of hydrogen-bond acceptors (Lipinski definition) is 1. The van der Waals surface area contributed by atoms with E-state index in [9.17, 15) is 4.79 Å². The third kappa shape index (κ3) is 2.17. The summed E-state index contributed by atoms with van der Waals surface area (Å²) in [5.41, 5.74) is 3.36. The second-order valence-corrected chi connectivity index (χ2v) is 1.44. The van der Waals surface area contributed by atoms with E-state index in [1.165, 1.54) is 0 Å². The summed E-state index contributed by atoms with van der Waals surface area (Å²) in [6, 6.07) is -0.431. The first-order valence-electron chi connectivity index (χ1n) is 2.24. The molecule has 0 amide bonds. The van der Waals surface area contributed by atoms with Gasteiger partial charge < -0.3 is 10.8 Å². The van der Waals surface area contributed by atoms with E-state index in [1.807, 2.05) is 0 Å². The molecule has 3 nitrogen and oxygen atoms in total. The molecule has 42 valence electrons. The molecule has 0 saturated carbocycles. The summed E-state index contributed by atoms with van der Waals surface area (Å²) in [5.74, 6) is -0.817. The smallest absolute Gasteiger partial charge is 0.362 e. The van der Waals surface area contributed by atoms with E-state index in [0.717, 1.165) is 0 Å². The van der Waals surface area contributed by atoms with Gasteiger partial charge in [-0.1, -0.05) is 6.92 Å². The van der Waals surface area contributed by atoms with Crippen molar-refractivity contribution < 1.29 is 15.6 Å². The zero-order valence-electron chi connectivity index (χ0n) is 4.35. The number of aliphatic carboxylic acids is 1. The quantitative estimate of drug-likeness (QED) is 0.476. The van der Waals surface area contributed by atoms with Crippen LogP contribution in [-0.2, 0) is 4.79 Å². The number of carbonyl (C=O) groups is 1. The van der Waals surface area contributed by atoms with Gasteiger partial charge in [0.1, 0.15) is 0 Å². The van der Waals surface area contributed by atoms with Crippen LogP contribution in [0.25, 0.3) is 0 Å². The fraction of sp³-hybridized carbons (Fsp3) is 0.750. The number of carboxylic acids is 1. The van der Waals surface area contributed by atoms with E-state index in [4.69, 9.17) is 5.11 Å². The van der Waals surface area contributed by atoms with E-state index >= 15 is 0 Å². The molecule has 0 aliphatic heterocycles. The molecule has 3 heteroatoms. The van der Waals surface area contributed by atoms with Crippen LogP contribution in [0.2, 0.25) is 0 Å². The van der Waals surface area contributed by atoms with Gasteiger partial charge in [0.05, 0.1) is 0 Å². The van der Waals surface area contributed by atoms with Gasteiger partial charge in [0.15, 0.2) is 6.04 Å². The molecule has 0 radical (unpaired) electrons.